The summed E-state index contributed by atoms with van der Waals surface area (Å²) >= 11 is 0. The summed E-state index contributed by atoms with van der Waals surface area (Å²) in [5, 5.41) is 3.40. The fourth-order valence-corrected chi connectivity index (χ4v) is 3.02. The average Bonchev–Trinajstić information content (AvgIpc) is 2.68. The van der Waals surface area contributed by atoms with Crippen molar-refractivity contribution < 1.29 is 14.4 Å². The summed E-state index contributed by atoms with van der Waals surface area (Å²) in [6.45, 7) is 3.99. The zero-order valence-electron chi connectivity index (χ0n) is 14.6. The predicted molar refractivity (Wildman–Crippen MR) is 99.1 cm³/mol. The van der Waals surface area contributed by atoms with E-state index in [2.05, 4.69) is 15.3 Å². The summed E-state index contributed by atoms with van der Waals surface area (Å²) in [6.07, 6.45) is 6.03. The summed E-state index contributed by atoms with van der Waals surface area (Å²) in [5.41, 5.74) is 4.68. The number of anilines is 1. The summed E-state index contributed by atoms with van der Waals surface area (Å²) in [5.74, 6) is 1.46. The van der Waals surface area contributed by atoms with Gasteiger partial charge in [0, 0.05) is 50.7 Å². The number of carbonyl (C=O) groups excluding carboxylic acids is 2. The molecule has 3 heterocycles. The molecule has 0 aromatic carbocycles. The lowest BCUT2D eigenvalue weighted by Gasteiger charge is -2.36. The lowest BCUT2D eigenvalue weighted by molar-refractivity contribution is -0.183. The molecule has 2 fully saturated rings. The minimum Gasteiger partial charge on any atom is -0.369 e. The highest BCUT2D eigenvalue weighted by Crippen LogP contribution is 2.18. The van der Waals surface area contributed by atoms with Crippen LogP contribution in [0, 0.1) is 0 Å². The molecule has 8 nitrogen and oxygen atoms in total. The van der Waals surface area contributed by atoms with Crippen LogP contribution in [0.1, 0.15) is 19.3 Å². The minimum absolute atomic E-state index is 0. The number of hydrogen-bond acceptors (Lipinski definition) is 8. The number of piperazine rings is 1. The lowest BCUT2D eigenvalue weighted by Crippen LogP contribution is -2.53. The molecule has 0 saturated carbocycles. The second-order valence-electron chi connectivity index (χ2n) is 6.09. The zero-order chi connectivity index (χ0) is 17.5. The first-order valence-corrected chi connectivity index (χ1v) is 8.62. The number of aromatic nitrogens is 1. The number of piperidine rings is 1. The van der Waals surface area contributed by atoms with Crippen LogP contribution in [0.3, 0.4) is 0 Å². The number of rotatable bonds is 5. The van der Waals surface area contributed by atoms with Gasteiger partial charge in [0.05, 0.1) is 6.54 Å². The van der Waals surface area contributed by atoms with Gasteiger partial charge in [-0.2, -0.15) is 5.06 Å². The van der Waals surface area contributed by atoms with Gasteiger partial charge in [-0.25, -0.2) is 20.0 Å². The summed E-state index contributed by atoms with van der Waals surface area (Å²) in [7, 11) is 0. The number of hydroxylamine groups is 2. The number of pyridine rings is 1. The van der Waals surface area contributed by atoms with E-state index in [-0.39, 0.29) is 19.0 Å². The fourth-order valence-electron chi connectivity index (χ4n) is 3.02. The van der Waals surface area contributed by atoms with E-state index in [0.717, 1.165) is 44.7 Å². The van der Waals surface area contributed by atoms with Gasteiger partial charge in [-0.3, -0.25) is 4.98 Å². The first-order chi connectivity index (χ1) is 12.3. The Morgan fingerprint density at radius 2 is 1.88 bits per heavy atom. The number of carbonyl (C=O) groups is 1. The molecular formula is C17H24ClN5O3. The maximum atomic E-state index is 12.0. The van der Waals surface area contributed by atoms with Crippen molar-refractivity contribution in [2.75, 3.05) is 44.2 Å². The maximum absolute atomic E-state index is 12.0. The number of halogens is 1. The van der Waals surface area contributed by atoms with Crippen molar-refractivity contribution in [1.82, 2.24) is 20.5 Å². The quantitative estimate of drug-likeness (QED) is 0.750. The molecular weight excluding hydrogens is 358 g/mol. The van der Waals surface area contributed by atoms with E-state index >= 15 is 0 Å². The highest BCUT2D eigenvalue weighted by Gasteiger charge is 2.21. The molecule has 1 aromatic heterocycles. The van der Waals surface area contributed by atoms with Crippen molar-refractivity contribution in [3.63, 3.8) is 0 Å². The van der Waals surface area contributed by atoms with Crippen molar-refractivity contribution >= 4 is 30.0 Å². The Morgan fingerprint density at radius 3 is 2.58 bits per heavy atom. The first-order valence-electron chi connectivity index (χ1n) is 8.62. The highest BCUT2D eigenvalue weighted by molar-refractivity contribution is 5.85. The Labute approximate surface area is 159 Å². The molecule has 142 valence electrons. The molecule has 3 rings (SSSR count). The van der Waals surface area contributed by atoms with Crippen LogP contribution in [0.15, 0.2) is 30.2 Å². The van der Waals surface area contributed by atoms with Crippen LogP contribution in [0.5, 0.6) is 0 Å². The topological polar surface area (TPSA) is 78.0 Å². The largest absolute Gasteiger partial charge is 0.369 e. The van der Waals surface area contributed by atoms with Gasteiger partial charge in [0.2, 0.25) is 0 Å². The number of allylic oxidation sites excluding steroid dienone is 1. The van der Waals surface area contributed by atoms with Crippen LogP contribution < -0.4 is 10.3 Å². The molecule has 0 unspecified atom stereocenters. The fraction of sp³-hybridized carbons (Fsp3) is 0.529. The third-order valence-corrected chi connectivity index (χ3v) is 4.41. The van der Waals surface area contributed by atoms with E-state index in [0.29, 0.717) is 18.7 Å². The summed E-state index contributed by atoms with van der Waals surface area (Å²) < 4.78 is 0. The molecule has 0 spiro atoms. The molecule has 1 N–H and O–H groups in total. The Bertz CT molecular complexity index is 631. The second kappa shape index (κ2) is 10.1. The van der Waals surface area contributed by atoms with E-state index in [1.54, 1.807) is 12.4 Å². The molecule has 9 heteroatoms. The van der Waals surface area contributed by atoms with Gasteiger partial charge in [-0.15, -0.1) is 12.4 Å². The Kier molecular flexibility index (Phi) is 7.87. The van der Waals surface area contributed by atoms with Gasteiger partial charge in [-0.1, -0.05) is 0 Å². The van der Waals surface area contributed by atoms with E-state index in [9.17, 15) is 9.59 Å². The molecule has 0 amide bonds. The van der Waals surface area contributed by atoms with Crippen molar-refractivity contribution in [3.05, 3.63) is 30.2 Å². The molecule has 2 aliphatic rings. The van der Waals surface area contributed by atoms with Crippen LogP contribution >= 0.6 is 12.4 Å². The van der Waals surface area contributed by atoms with Gasteiger partial charge < -0.3 is 9.74 Å². The van der Waals surface area contributed by atoms with E-state index in [1.807, 2.05) is 23.1 Å². The van der Waals surface area contributed by atoms with Gasteiger partial charge in [-0.05, 0) is 25.0 Å². The zero-order valence-corrected chi connectivity index (χ0v) is 15.4. The standard InChI is InChI=1S/C17H23N5O3.ClH/c23-14-16-3-1-2-8-22(16)25-17(24)13-19-21-11-9-20(10-12-21)15-4-6-18-7-5-15;/h4-7,19H,1-3,8-13H2;1H. The number of hydrogen-bond donors (Lipinski definition) is 1. The first kappa shape index (κ1) is 20.2. The van der Waals surface area contributed by atoms with Crippen molar-refractivity contribution in [2.24, 2.45) is 0 Å². The summed E-state index contributed by atoms with van der Waals surface area (Å²) in [6, 6.07) is 3.99. The van der Waals surface area contributed by atoms with Gasteiger partial charge in [0.25, 0.3) is 0 Å². The molecule has 2 aliphatic heterocycles. The van der Waals surface area contributed by atoms with Crippen molar-refractivity contribution in [1.29, 1.82) is 0 Å². The van der Waals surface area contributed by atoms with Crippen LogP contribution in [-0.4, -0.2) is 66.2 Å². The monoisotopic (exact) mass is 381 g/mol. The van der Waals surface area contributed by atoms with E-state index < -0.39 is 5.97 Å². The smallest absolute Gasteiger partial charge is 0.347 e. The van der Waals surface area contributed by atoms with E-state index in [1.165, 1.54) is 5.06 Å². The van der Waals surface area contributed by atoms with E-state index in [4.69, 9.17) is 4.84 Å². The number of nitrogens with zero attached hydrogens (tertiary/aromatic N) is 4. The van der Waals surface area contributed by atoms with Crippen LogP contribution in [0.2, 0.25) is 0 Å². The SMILES string of the molecule is Cl.O=C=C1CCCCN1OC(=O)CNN1CCN(c2ccncc2)CC1. The van der Waals surface area contributed by atoms with Gasteiger partial charge in [0.15, 0.2) is 0 Å². The number of hydrazine groups is 1. The second-order valence-corrected chi connectivity index (χ2v) is 6.09. The van der Waals surface area contributed by atoms with Crippen LogP contribution in [-0.2, 0) is 14.4 Å². The Morgan fingerprint density at radius 1 is 1.15 bits per heavy atom. The molecule has 0 atom stereocenters. The Balaban J connectivity index is 0.00000243. The van der Waals surface area contributed by atoms with Crippen LogP contribution in [0.25, 0.3) is 0 Å². The highest BCUT2D eigenvalue weighted by atomic mass is 35.5. The van der Waals surface area contributed by atoms with Crippen molar-refractivity contribution in [3.8, 4) is 0 Å². The third kappa shape index (κ3) is 5.44. The maximum Gasteiger partial charge on any atom is 0.347 e. The normalized spacial score (nSPS) is 18.1. The Hall–Kier alpha value is -2.12. The van der Waals surface area contributed by atoms with Crippen molar-refractivity contribution in [2.45, 2.75) is 19.3 Å². The molecule has 0 bridgehead atoms. The van der Waals surface area contributed by atoms with Crippen LogP contribution in [0.4, 0.5) is 5.69 Å². The predicted octanol–water partition coefficient (Wildman–Crippen LogP) is 0.790. The average molecular weight is 382 g/mol. The minimum atomic E-state index is -0.397. The lowest BCUT2D eigenvalue weighted by atomic mass is 10.1. The molecule has 2 saturated heterocycles. The molecule has 26 heavy (non-hydrogen) atoms. The third-order valence-electron chi connectivity index (χ3n) is 4.41. The van der Waals surface area contributed by atoms with Gasteiger partial charge in [0.1, 0.15) is 18.2 Å². The summed E-state index contributed by atoms with van der Waals surface area (Å²) in [4.78, 5) is 34.4. The molecule has 0 radical (unpaired) electrons. The molecule has 0 aliphatic carbocycles. The van der Waals surface area contributed by atoms with Gasteiger partial charge >= 0.3 is 5.97 Å². The number of nitrogens with one attached hydrogen (secondary N) is 1. The molecule has 1 aromatic rings.